The third-order valence-corrected chi connectivity index (χ3v) is 2.85. The topological polar surface area (TPSA) is 29.3 Å². The fourth-order valence-electron chi connectivity index (χ4n) is 1.39. The van der Waals surface area contributed by atoms with Crippen molar-refractivity contribution >= 4 is 16.3 Å². The molecule has 3 heteroatoms. The summed E-state index contributed by atoms with van der Waals surface area (Å²) in [5.74, 6) is 0. The van der Waals surface area contributed by atoms with Crippen molar-refractivity contribution in [3.63, 3.8) is 0 Å². The lowest BCUT2D eigenvalue weighted by atomic mass is 10.3. The first-order chi connectivity index (χ1) is 5.36. The molecule has 1 aliphatic rings. The van der Waals surface area contributed by atoms with Gasteiger partial charge in [-0.25, -0.2) is 0 Å². The van der Waals surface area contributed by atoms with E-state index in [-0.39, 0.29) is 0 Å². The van der Waals surface area contributed by atoms with Gasteiger partial charge in [-0.3, -0.25) is 0 Å². The van der Waals surface area contributed by atoms with E-state index in [1.807, 2.05) is 6.07 Å². The molecule has 0 bridgehead atoms. The molecular weight excluding hydrogens is 156 g/mol. The zero-order chi connectivity index (χ0) is 7.68. The Bertz CT molecular complexity index is 220. The van der Waals surface area contributed by atoms with Crippen LogP contribution in [0.3, 0.4) is 0 Å². The van der Waals surface area contributed by atoms with Gasteiger partial charge in [-0.15, -0.1) is 11.3 Å². The highest BCUT2D eigenvalue weighted by Gasteiger charge is 2.19. The molecule has 2 heterocycles. The van der Waals surface area contributed by atoms with Gasteiger partial charge < -0.3 is 10.6 Å². The lowest BCUT2D eigenvalue weighted by Gasteiger charge is -2.14. The third kappa shape index (κ3) is 1.39. The van der Waals surface area contributed by atoms with Gasteiger partial charge in [-0.2, -0.15) is 0 Å². The zero-order valence-electron chi connectivity index (χ0n) is 6.29. The van der Waals surface area contributed by atoms with Crippen molar-refractivity contribution in [2.75, 3.05) is 18.0 Å². The van der Waals surface area contributed by atoms with Crippen LogP contribution in [0.1, 0.15) is 6.42 Å². The largest absolute Gasteiger partial charge is 0.362 e. The van der Waals surface area contributed by atoms with Gasteiger partial charge in [0.25, 0.3) is 0 Å². The molecule has 1 atom stereocenters. The summed E-state index contributed by atoms with van der Waals surface area (Å²) < 4.78 is 0. The molecule has 1 fully saturated rings. The van der Waals surface area contributed by atoms with Crippen LogP contribution < -0.4 is 10.6 Å². The Morgan fingerprint density at radius 3 is 3.18 bits per heavy atom. The van der Waals surface area contributed by atoms with E-state index in [4.69, 9.17) is 5.73 Å². The predicted molar refractivity (Wildman–Crippen MR) is 48.0 cm³/mol. The molecule has 2 rings (SSSR count). The summed E-state index contributed by atoms with van der Waals surface area (Å²) in [6.45, 7) is 2.11. The SMILES string of the molecule is NC1CCN(c2cc[c]s2)C1. The van der Waals surface area contributed by atoms with Crippen LogP contribution in [0, 0.1) is 5.38 Å². The molecule has 1 radical (unpaired) electrons. The standard InChI is InChI=1S/C8H11N2S/c9-7-3-4-10(6-7)8-2-1-5-11-8/h1-2,7H,3-4,6,9H2. The van der Waals surface area contributed by atoms with E-state index in [0.717, 1.165) is 19.5 Å². The Morgan fingerprint density at radius 2 is 2.64 bits per heavy atom. The maximum Gasteiger partial charge on any atom is 0.0915 e. The van der Waals surface area contributed by atoms with Crippen molar-refractivity contribution < 1.29 is 0 Å². The molecule has 0 spiro atoms. The van der Waals surface area contributed by atoms with Crippen molar-refractivity contribution in [1.82, 2.24) is 0 Å². The van der Waals surface area contributed by atoms with E-state index in [1.54, 1.807) is 11.3 Å². The molecule has 2 nitrogen and oxygen atoms in total. The normalized spacial score (nSPS) is 24.5. The molecule has 0 aromatic carbocycles. The fourth-order valence-corrected chi connectivity index (χ4v) is 2.08. The zero-order valence-corrected chi connectivity index (χ0v) is 7.10. The number of anilines is 1. The van der Waals surface area contributed by atoms with Crippen LogP contribution in [0.5, 0.6) is 0 Å². The Hall–Kier alpha value is -0.540. The minimum absolute atomic E-state index is 0.372. The summed E-state index contributed by atoms with van der Waals surface area (Å²) in [7, 11) is 0. The molecular formula is C8H11N2S. The van der Waals surface area contributed by atoms with Gasteiger partial charge in [-0.05, 0) is 18.6 Å². The second kappa shape index (κ2) is 2.83. The Labute approximate surface area is 70.6 Å². The first-order valence-corrected chi connectivity index (χ1v) is 4.64. The number of nitrogens with zero attached hydrogens (tertiary/aromatic N) is 1. The molecule has 1 unspecified atom stereocenters. The Balaban J connectivity index is 2.08. The van der Waals surface area contributed by atoms with E-state index in [9.17, 15) is 0 Å². The van der Waals surface area contributed by atoms with Gasteiger partial charge in [0.15, 0.2) is 0 Å². The number of nitrogens with two attached hydrogens (primary N) is 1. The third-order valence-electron chi connectivity index (χ3n) is 1.99. The van der Waals surface area contributed by atoms with Gasteiger partial charge in [0.05, 0.1) is 5.00 Å². The summed E-state index contributed by atoms with van der Waals surface area (Å²) in [4.78, 5) is 2.33. The summed E-state index contributed by atoms with van der Waals surface area (Å²) in [6, 6.07) is 4.43. The van der Waals surface area contributed by atoms with Crippen LogP contribution in [0.4, 0.5) is 5.00 Å². The molecule has 1 aliphatic heterocycles. The lowest BCUT2D eigenvalue weighted by molar-refractivity contribution is 0.752. The Morgan fingerprint density at radius 1 is 1.73 bits per heavy atom. The molecule has 11 heavy (non-hydrogen) atoms. The molecule has 0 saturated carbocycles. The van der Waals surface area contributed by atoms with Crippen LogP contribution in [0.2, 0.25) is 0 Å². The molecule has 0 amide bonds. The monoisotopic (exact) mass is 167 g/mol. The van der Waals surface area contributed by atoms with Gasteiger partial charge in [0, 0.05) is 24.5 Å². The fraction of sp³-hybridized carbons (Fsp3) is 0.500. The van der Waals surface area contributed by atoms with Crippen LogP contribution in [-0.2, 0) is 0 Å². The van der Waals surface area contributed by atoms with Crippen molar-refractivity contribution in [3.05, 3.63) is 17.5 Å². The van der Waals surface area contributed by atoms with Crippen molar-refractivity contribution in [2.45, 2.75) is 12.5 Å². The average molecular weight is 167 g/mol. The first-order valence-electron chi connectivity index (χ1n) is 3.82. The summed E-state index contributed by atoms with van der Waals surface area (Å²) in [5, 5.41) is 4.38. The minimum atomic E-state index is 0.372. The van der Waals surface area contributed by atoms with E-state index in [2.05, 4.69) is 16.3 Å². The summed E-state index contributed by atoms with van der Waals surface area (Å²) >= 11 is 1.67. The van der Waals surface area contributed by atoms with Gasteiger partial charge in [0.1, 0.15) is 0 Å². The highest BCUT2D eigenvalue weighted by molar-refractivity contribution is 7.13. The summed E-state index contributed by atoms with van der Waals surface area (Å²) in [5.41, 5.74) is 5.78. The molecule has 1 aromatic heterocycles. The van der Waals surface area contributed by atoms with Crippen molar-refractivity contribution in [2.24, 2.45) is 5.73 Å². The Kier molecular flexibility index (Phi) is 1.84. The van der Waals surface area contributed by atoms with Crippen molar-refractivity contribution in [1.29, 1.82) is 0 Å². The van der Waals surface area contributed by atoms with E-state index in [1.165, 1.54) is 5.00 Å². The summed E-state index contributed by atoms with van der Waals surface area (Å²) in [6.07, 6.45) is 1.12. The average Bonchev–Trinajstić information content (AvgIpc) is 2.55. The maximum absolute atomic E-state index is 5.78. The van der Waals surface area contributed by atoms with E-state index in [0.29, 0.717) is 6.04 Å². The molecule has 1 saturated heterocycles. The highest BCUT2D eigenvalue weighted by Crippen LogP contribution is 2.23. The number of hydrogen-bond acceptors (Lipinski definition) is 3. The number of thiophene rings is 1. The molecule has 2 N–H and O–H groups in total. The molecule has 59 valence electrons. The van der Waals surface area contributed by atoms with Gasteiger partial charge >= 0.3 is 0 Å². The van der Waals surface area contributed by atoms with Crippen molar-refractivity contribution in [3.8, 4) is 0 Å². The van der Waals surface area contributed by atoms with Gasteiger partial charge in [0.2, 0.25) is 0 Å². The van der Waals surface area contributed by atoms with Crippen LogP contribution in [-0.4, -0.2) is 19.1 Å². The first kappa shape index (κ1) is 7.13. The minimum Gasteiger partial charge on any atom is -0.362 e. The van der Waals surface area contributed by atoms with Crippen LogP contribution in [0.25, 0.3) is 0 Å². The second-order valence-corrected chi connectivity index (χ2v) is 3.74. The predicted octanol–water partition coefficient (Wildman–Crippen LogP) is 1.09. The van der Waals surface area contributed by atoms with E-state index < -0.39 is 0 Å². The number of hydrogen-bond donors (Lipinski definition) is 1. The second-order valence-electron chi connectivity index (χ2n) is 2.89. The highest BCUT2D eigenvalue weighted by atomic mass is 32.1. The van der Waals surface area contributed by atoms with Crippen LogP contribution in [0.15, 0.2) is 12.1 Å². The van der Waals surface area contributed by atoms with E-state index >= 15 is 0 Å². The van der Waals surface area contributed by atoms with Crippen LogP contribution >= 0.6 is 11.3 Å². The molecule has 0 aliphatic carbocycles. The quantitative estimate of drug-likeness (QED) is 0.678. The lowest BCUT2D eigenvalue weighted by Crippen LogP contribution is -2.25. The van der Waals surface area contributed by atoms with Gasteiger partial charge in [-0.1, -0.05) is 0 Å². The number of rotatable bonds is 1. The molecule has 1 aromatic rings. The smallest absolute Gasteiger partial charge is 0.0915 e. The maximum atomic E-state index is 5.78.